The highest BCUT2D eigenvalue weighted by Gasteiger charge is 2.42. The molecule has 1 aromatic rings. The molecule has 2 aliphatic heterocycles. The van der Waals surface area contributed by atoms with Gasteiger partial charge in [-0.2, -0.15) is 0 Å². The van der Waals surface area contributed by atoms with E-state index in [1.807, 2.05) is 6.20 Å². The Balaban J connectivity index is 1.79. The second-order valence-corrected chi connectivity index (χ2v) is 6.79. The van der Waals surface area contributed by atoms with Gasteiger partial charge in [-0.15, -0.1) is 0 Å². The monoisotopic (exact) mass is 290 g/mol. The zero-order valence-corrected chi connectivity index (χ0v) is 13.8. The van der Waals surface area contributed by atoms with Gasteiger partial charge in [0.1, 0.15) is 5.82 Å². The van der Waals surface area contributed by atoms with Crippen molar-refractivity contribution in [2.45, 2.75) is 70.6 Å². The average molecular weight is 290 g/mol. The van der Waals surface area contributed by atoms with Gasteiger partial charge in [0.15, 0.2) is 0 Å². The molecule has 3 unspecified atom stereocenters. The predicted molar refractivity (Wildman–Crippen MR) is 86.2 cm³/mol. The smallest absolute Gasteiger partial charge is 0.126 e. The number of nitrogens with one attached hydrogen (secondary N) is 1. The van der Waals surface area contributed by atoms with Crippen LogP contribution in [0.3, 0.4) is 0 Å². The van der Waals surface area contributed by atoms with Crippen LogP contribution in [0.15, 0.2) is 12.4 Å². The molecular weight excluding hydrogens is 260 g/mol. The molecule has 4 nitrogen and oxygen atoms in total. The number of hydrogen-bond acceptors (Lipinski definition) is 3. The molecule has 0 aliphatic carbocycles. The number of nitrogens with zero attached hydrogens (tertiary/aromatic N) is 3. The van der Waals surface area contributed by atoms with Gasteiger partial charge in [-0.05, 0) is 58.5 Å². The van der Waals surface area contributed by atoms with Gasteiger partial charge in [-0.3, -0.25) is 0 Å². The van der Waals surface area contributed by atoms with Crippen LogP contribution in [0, 0.1) is 5.92 Å². The molecule has 2 saturated heterocycles. The summed E-state index contributed by atoms with van der Waals surface area (Å²) in [6, 6.07) is 2.02. The number of aromatic nitrogens is 2. The first-order valence-electron chi connectivity index (χ1n) is 8.70. The summed E-state index contributed by atoms with van der Waals surface area (Å²) in [6.07, 6.45) is 10.7. The van der Waals surface area contributed by atoms with Crippen molar-refractivity contribution in [2.75, 3.05) is 13.6 Å². The predicted octanol–water partition coefficient (Wildman–Crippen LogP) is 2.82. The third-order valence-electron chi connectivity index (χ3n) is 5.59. The molecule has 0 spiro atoms. The van der Waals surface area contributed by atoms with Crippen molar-refractivity contribution in [1.82, 2.24) is 19.8 Å². The number of fused-ring (bicyclic) bond motifs is 2. The van der Waals surface area contributed by atoms with E-state index < -0.39 is 0 Å². The van der Waals surface area contributed by atoms with Crippen molar-refractivity contribution in [2.24, 2.45) is 5.92 Å². The lowest BCUT2D eigenvalue weighted by Crippen LogP contribution is -2.44. The molecule has 118 valence electrons. The minimum atomic E-state index is 0.428. The first-order valence-corrected chi connectivity index (χ1v) is 8.70. The zero-order valence-electron chi connectivity index (χ0n) is 13.8. The summed E-state index contributed by atoms with van der Waals surface area (Å²) in [5.41, 5.74) is 0. The number of aryl methyl sites for hydroxylation is 1. The molecule has 4 heteroatoms. The fourth-order valence-electron chi connectivity index (χ4n) is 4.36. The minimum Gasteiger partial charge on any atom is -0.334 e. The van der Waals surface area contributed by atoms with Crippen LogP contribution in [0.2, 0.25) is 0 Å². The molecule has 3 heterocycles. The minimum absolute atomic E-state index is 0.428. The van der Waals surface area contributed by atoms with Gasteiger partial charge in [0.2, 0.25) is 0 Å². The average Bonchev–Trinajstić information content (AvgIpc) is 3.01. The second kappa shape index (κ2) is 6.49. The Hall–Kier alpha value is -0.870. The number of hydrogen-bond donors (Lipinski definition) is 1. The van der Waals surface area contributed by atoms with Crippen LogP contribution < -0.4 is 5.32 Å². The highest BCUT2D eigenvalue weighted by Crippen LogP contribution is 2.42. The Bertz CT molecular complexity index is 441. The van der Waals surface area contributed by atoms with E-state index >= 15 is 0 Å². The lowest BCUT2D eigenvalue weighted by molar-refractivity contribution is 0.109. The van der Waals surface area contributed by atoms with Gasteiger partial charge < -0.3 is 14.8 Å². The summed E-state index contributed by atoms with van der Waals surface area (Å²) in [5, 5.41) is 3.80. The van der Waals surface area contributed by atoms with E-state index in [-0.39, 0.29) is 0 Å². The molecule has 2 fully saturated rings. The van der Waals surface area contributed by atoms with Crippen LogP contribution in [0.25, 0.3) is 0 Å². The maximum Gasteiger partial charge on any atom is 0.126 e. The molecule has 2 bridgehead atoms. The summed E-state index contributed by atoms with van der Waals surface area (Å²) in [7, 11) is 2.32. The molecule has 0 aromatic carbocycles. The van der Waals surface area contributed by atoms with Gasteiger partial charge in [0, 0.05) is 31.0 Å². The highest BCUT2D eigenvalue weighted by molar-refractivity contribution is 5.06. The Morgan fingerprint density at radius 1 is 1.29 bits per heavy atom. The van der Waals surface area contributed by atoms with Crippen LogP contribution in [0.1, 0.15) is 57.8 Å². The number of piperidine rings is 1. The van der Waals surface area contributed by atoms with Crippen LogP contribution in [-0.2, 0) is 6.54 Å². The van der Waals surface area contributed by atoms with E-state index in [1.54, 1.807) is 0 Å². The molecule has 1 aromatic heterocycles. The van der Waals surface area contributed by atoms with E-state index in [0.29, 0.717) is 6.04 Å². The van der Waals surface area contributed by atoms with E-state index in [2.05, 4.69) is 41.9 Å². The van der Waals surface area contributed by atoms with E-state index in [9.17, 15) is 0 Å². The highest BCUT2D eigenvalue weighted by atomic mass is 15.2. The molecule has 0 saturated carbocycles. The molecule has 3 atom stereocenters. The summed E-state index contributed by atoms with van der Waals surface area (Å²) in [4.78, 5) is 7.32. The number of imidazole rings is 1. The molecule has 21 heavy (non-hydrogen) atoms. The van der Waals surface area contributed by atoms with Crippen molar-refractivity contribution in [3.63, 3.8) is 0 Å². The quantitative estimate of drug-likeness (QED) is 0.874. The first-order chi connectivity index (χ1) is 10.2. The van der Waals surface area contributed by atoms with Crippen molar-refractivity contribution in [1.29, 1.82) is 0 Å². The van der Waals surface area contributed by atoms with Crippen LogP contribution in [-0.4, -0.2) is 40.1 Å². The van der Waals surface area contributed by atoms with Crippen molar-refractivity contribution < 1.29 is 0 Å². The van der Waals surface area contributed by atoms with E-state index in [0.717, 1.165) is 31.1 Å². The van der Waals surface area contributed by atoms with E-state index in [1.165, 1.54) is 37.9 Å². The molecule has 0 radical (unpaired) electrons. The van der Waals surface area contributed by atoms with Gasteiger partial charge in [-0.25, -0.2) is 4.98 Å². The summed E-state index contributed by atoms with van der Waals surface area (Å²) in [5.74, 6) is 1.98. The summed E-state index contributed by atoms with van der Waals surface area (Å²) >= 11 is 0. The maximum atomic E-state index is 4.69. The van der Waals surface area contributed by atoms with Crippen molar-refractivity contribution in [3.05, 3.63) is 18.2 Å². The lowest BCUT2D eigenvalue weighted by Gasteiger charge is -2.40. The normalized spacial score (nSPS) is 30.7. The van der Waals surface area contributed by atoms with Gasteiger partial charge in [0.05, 0.1) is 6.04 Å². The standard InChI is InChI=1S/C17H30N4/c1-4-8-18-16(17-19-9-10-21(17)5-2)13-11-14-6-7-15(12-13)20(14)3/h9-10,13-16,18H,4-8,11-12H2,1-3H3. The first kappa shape index (κ1) is 15.0. The fourth-order valence-corrected chi connectivity index (χ4v) is 4.36. The molecule has 1 N–H and O–H groups in total. The molecular formula is C17H30N4. The summed E-state index contributed by atoms with van der Waals surface area (Å²) in [6.45, 7) is 6.55. The largest absolute Gasteiger partial charge is 0.334 e. The SMILES string of the molecule is CCCNC(c1nccn1CC)C1CC2CCC(C1)N2C. The molecule has 3 rings (SSSR count). The topological polar surface area (TPSA) is 33.1 Å². The van der Waals surface area contributed by atoms with Crippen molar-refractivity contribution in [3.8, 4) is 0 Å². The Morgan fingerprint density at radius 3 is 2.62 bits per heavy atom. The Kier molecular flexibility index (Phi) is 4.65. The van der Waals surface area contributed by atoms with Crippen LogP contribution >= 0.6 is 0 Å². The third kappa shape index (κ3) is 2.88. The van der Waals surface area contributed by atoms with Gasteiger partial charge in [0.25, 0.3) is 0 Å². The van der Waals surface area contributed by atoms with Gasteiger partial charge >= 0.3 is 0 Å². The summed E-state index contributed by atoms with van der Waals surface area (Å²) < 4.78 is 2.31. The second-order valence-electron chi connectivity index (χ2n) is 6.79. The fraction of sp³-hybridized carbons (Fsp3) is 0.824. The van der Waals surface area contributed by atoms with Crippen molar-refractivity contribution >= 4 is 0 Å². The van der Waals surface area contributed by atoms with Gasteiger partial charge in [-0.1, -0.05) is 6.92 Å². The van der Waals surface area contributed by atoms with Crippen LogP contribution in [0.4, 0.5) is 0 Å². The number of rotatable bonds is 6. The maximum absolute atomic E-state index is 4.69. The Labute approximate surface area is 128 Å². The van der Waals surface area contributed by atoms with Crippen LogP contribution in [0.5, 0.6) is 0 Å². The third-order valence-corrected chi connectivity index (χ3v) is 5.59. The lowest BCUT2D eigenvalue weighted by atomic mass is 9.84. The van der Waals surface area contributed by atoms with E-state index in [4.69, 9.17) is 4.98 Å². The zero-order chi connectivity index (χ0) is 14.8. The molecule has 2 aliphatic rings. The molecule has 0 amide bonds. The Morgan fingerprint density at radius 2 is 2.00 bits per heavy atom.